The number of nitrogens with two attached hydrogens (primary N) is 1. The van der Waals surface area contributed by atoms with Crippen molar-refractivity contribution >= 4 is 22.9 Å². The smallest absolute Gasteiger partial charge is 0.329 e. The Morgan fingerprint density at radius 2 is 1.90 bits per heavy atom. The second kappa shape index (κ2) is 6.62. The van der Waals surface area contributed by atoms with Crippen molar-refractivity contribution in [3.8, 4) is 0 Å². The van der Waals surface area contributed by atoms with Crippen LogP contribution in [0.4, 0.5) is 13.2 Å². The van der Waals surface area contributed by atoms with Crippen molar-refractivity contribution in [1.29, 1.82) is 0 Å². The van der Waals surface area contributed by atoms with E-state index in [1.807, 2.05) is 12.1 Å². The van der Waals surface area contributed by atoms with Gasteiger partial charge >= 0.3 is 6.18 Å². The number of alkyl halides is 3. The summed E-state index contributed by atoms with van der Waals surface area (Å²) in [4.78, 5) is 4.64. The number of nitrogens with zero attached hydrogens (tertiary/aromatic N) is 2. The molecule has 0 spiro atoms. The summed E-state index contributed by atoms with van der Waals surface area (Å²) in [6.07, 6.45) is -4.13. The molecule has 2 rings (SSSR count). The van der Waals surface area contributed by atoms with Crippen LogP contribution in [0.25, 0.3) is 0 Å². The normalized spacial score (nSPS) is 20.2. The molecule has 1 saturated heterocycles. The zero-order valence-corrected chi connectivity index (χ0v) is 12.4. The quantitative estimate of drug-likeness (QED) is 0.922. The first kappa shape index (κ1) is 16.0. The standard InChI is InChI=1S/C12H17ClF3N3S/c13-11-2-1-10(20-11)9(7-17)19-5-3-18(4-6-19)8-12(14,15)16/h1-2,9H,3-8,17H2. The van der Waals surface area contributed by atoms with E-state index < -0.39 is 12.7 Å². The molecule has 3 nitrogen and oxygen atoms in total. The maximum Gasteiger partial charge on any atom is 0.401 e. The van der Waals surface area contributed by atoms with Crippen LogP contribution in [0.2, 0.25) is 4.34 Å². The van der Waals surface area contributed by atoms with Crippen LogP contribution < -0.4 is 5.73 Å². The van der Waals surface area contributed by atoms with Gasteiger partial charge in [0.15, 0.2) is 0 Å². The van der Waals surface area contributed by atoms with Gasteiger partial charge in [0.05, 0.1) is 16.9 Å². The molecule has 0 radical (unpaired) electrons. The van der Waals surface area contributed by atoms with Crippen LogP contribution in [0.5, 0.6) is 0 Å². The Morgan fingerprint density at radius 1 is 1.25 bits per heavy atom. The highest BCUT2D eigenvalue weighted by Gasteiger charge is 2.33. The summed E-state index contributed by atoms with van der Waals surface area (Å²) in [5.41, 5.74) is 5.81. The van der Waals surface area contributed by atoms with Gasteiger partial charge in [0.25, 0.3) is 0 Å². The van der Waals surface area contributed by atoms with Crippen molar-refractivity contribution < 1.29 is 13.2 Å². The van der Waals surface area contributed by atoms with Crippen LogP contribution in [-0.4, -0.2) is 55.2 Å². The first-order valence-electron chi connectivity index (χ1n) is 6.37. The van der Waals surface area contributed by atoms with Crippen molar-refractivity contribution in [3.05, 3.63) is 21.3 Å². The van der Waals surface area contributed by atoms with E-state index in [-0.39, 0.29) is 6.04 Å². The molecule has 0 amide bonds. The lowest BCUT2D eigenvalue weighted by molar-refractivity contribution is -0.149. The van der Waals surface area contributed by atoms with E-state index in [1.54, 1.807) is 0 Å². The summed E-state index contributed by atoms with van der Waals surface area (Å²) in [5, 5.41) is 0. The van der Waals surface area contributed by atoms with E-state index in [0.29, 0.717) is 37.1 Å². The number of hydrogen-bond acceptors (Lipinski definition) is 4. The minimum absolute atomic E-state index is 0.0422. The summed E-state index contributed by atoms with van der Waals surface area (Å²) in [6.45, 7) is 1.61. The Kier molecular flexibility index (Phi) is 5.30. The second-order valence-electron chi connectivity index (χ2n) is 4.82. The number of halogens is 4. The summed E-state index contributed by atoms with van der Waals surface area (Å²) < 4.78 is 37.7. The molecule has 0 bridgehead atoms. The molecule has 0 aromatic carbocycles. The summed E-state index contributed by atoms with van der Waals surface area (Å²) >= 11 is 7.40. The molecule has 1 unspecified atom stereocenters. The molecule has 1 aromatic rings. The molecule has 1 aliphatic heterocycles. The first-order chi connectivity index (χ1) is 9.39. The van der Waals surface area contributed by atoms with E-state index in [0.717, 1.165) is 4.88 Å². The van der Waals surface area contributed by atoms with Crippen molar-refractivity contribution in [2.24, 2.45) is 5.73 Å². The van der Waals surface area contributed by atoms with E-state index in [4.69, 9.17) is 17.3 Å². The van der Waals surface area contributed by atoms with Crippen LogP contribution in [0.1, 0.15) is 10.9 Å². The van der Waals surface area contributed by atoms with Gasteiger partial charge in [0.1, 0.15) is 0 Å². The number of rotatable bonds is 4. The highest BCUT2D eigenvalue weighted by molar-refractivity contribution is 7.16. The van der Waals surface area contributed by atoms with Crippen LogP contribution >= 0.6 is 22.9 Å². The van der Waals surface area contributed by atoms with Gasteiger partial charge in [-0.3, -0.25) is 9.80 Å². The summed E-state index contributed by atoms with van der Waals surface area (Å²) in [6, 6.07) is 3.80. The average molecular weight is 328 g/mol. The lowest BCUT2D eigenvalue weighted by atomic mass is 10.1. The lowest BCUT2D eigenvalue weighted by Gasteiger charge is -2.38. The molecule has 0 saturated carbocycles. The molecular formula is C12H17ClF3N3S. The maximum atomic E-state index is 12.3. The molecule has 1 fully saturated rings. The van der Waals surface area contributed by atoms with Crippen molar-refractivity contribution in [2.45, 2.75) is 12.2 Å². The molecule has 1 aliphatic rings. The largest absolute Gasteiger partial charge is 0.401 e. The fourth-order valence-electron chi connectivity index (χ4n) is 2.44. The SMILES string of the molecule is NCC(c1ccc(Cl)s1)N1CCN(CC(F)(F)F)CC1. The Hall–Kier alpha value is -0.340. The third kappa shape index (κ3) is 4.33. The molecule has 1 atom stereocenters. The monoisotopic (exact) mass is 327 g/mol. The van der Waals surface area contributed by atoms with Crippen LogP contribution in [-0.2, 0) is 0 Å². The van der Waals surface area contributed by atoms with E-state index in [2.05, 4.69) is 4.90 Å². The predicted octanol–water partition coefficient (Wildman–Crippen LogP) is 2.58. The van der Waals surface area contributed by atoms with Gasteiger partial charge in [0.2, 0.25) is 0 Å². The molecule has 2 heterocycles. The third-order valence-corrected chi connectivity index (χ3v) is 4.73. The van der Waals surface area contributed by atoms with Gasteiger partial charge in [-0.05, 0) is 12.1 Å². The summed E-state index contributed by atoms with van der Waals surface area (Å²) in [7, 11) is 0. The Morgan fingerprint density at radius 3 is 2.35 bits per heavy atom. The maximum absolute atomic E-state index is 12.3. The minimum Gasteiger partial charge on any atom is -0.329 e. The Balaban J connectivity index is 1.92. The molecule has 1 aromatic heterocycles. The fraction of sp³-hybridized carbons (Fsp3) is 0.667. The van der Waals surface area contributed by atoms with Gasteiger partial charge in [-0.15, -0.1) is 11.3 Å². The van der Waals surface area contributed by atoms with Crippen molar-refractivity contribution in [2.75, 3.05) is 39.3 Å². The van der Waals surface area contributed by atoms with Crippen LogP contribution in [0.15, 0.2) is 12.1 Å². The van der Waals surface area contributed by atoms with E-state index >= 15 is 0 Å². The topological polar surface area (TPSA) is 32.5 Å². The zero-order chi connectivity index (χ0) is 14.8. The molecule has 114 valence electrons. The molecule has 8 heteroatoms. The highest BCUT2D eigenvalue weighted by atomic mass is 35.5. The number of hydrogen-bond donors (Lipinski definition) is 1. The van der Waals surface area contributed by atoms with Gasteiger partial charge in [-0.1, -0.05) is 11.6 Å². The lowest BCUT2D eigenvalue weighted by Crippen LogP contribution is -2.51. The van der Waals surface area contributed by atoms with E-state index in [9.17, 15) is 13.2 Å². The Bertz CT molecular complexity index is 430. The summed E-state index contributed by atoms with van der Waals surface area (Å²) in [5.74, 6) is 0. The highest BCUT2D eigenvalue weighted by Crippen LogP contribution is 2.30. The zero-order valence-electron chi connectivity index (χ0n) is 10.9. The van der Waals surface area contributed by atoms with Gasteiger partial charge in [-0.2, -0.15) is 13.2 Å². The molecule has 20 heavy (non-hydrogen) atoms. The van der Waals surface area contributed by atoms with Crippen molar-refractivity contribution in [1.82, 2.24) is 9.80 Å². The van der Waals surface area contributed by atoms with E-state index in [1.165, 1.54) is 16.2 Å². The predicted molar refractivity (Wildman–Crippen MR) is 75.2 cm³/mol. The van der Waals surface area contributed by atoms with Crippen LogP contribution in [0.3, 0.4) is 0 Å². The second-order valence-corrected chi connectivity index (χ2v) is 6.57. The average Bonchev–Trinajstić information content (AvgIpc) is 2.77. The number of thiophene rings is 1. The molecule has 2 N–H and O–H groups in total. The van der Waals surface area contributed by atoms with Gasteiger partial charge < -0.3 is 5.73 Å². The first-order valence-corrected chi connectivity index (χ1v) is 7.57. The molecule has 0 aliphatic carbocycles. The fourth-order valence-corrected chi connectivity index (χ4v) is 3.65. The van der Waals surface area contributed by atoms with Gasteiger partial charge in [-0.25, -0.2) is 0 Å². The number of piperazine rings is 1. The minimum atomic E-state index is -4.13. The van der Waals surface area contributed by atoms with Gasteiger partial charge in [0, 0.05) is 37.6 Å². The van der Waals surface area contributed by atoms with Crippen molar-refractivity contribution in [3.63, 3.8) is 0 Å². The van der Waals surface area contributed by atoms with Crippen LogP contribution in [0, 0.1) is 0 Å². The Labute approximate surface area is 125 Å². The molecular weight excluding hydrogens is 311 g/mol. The third-order valence-electron chi connectivity index (χ3n) is 3.40.